The van der Waals surface area contributed by atoms with Crippen LogP contribution in [0, 0.1) is 23.2 Å². The molecule has 0 N–H and O–H groups in total. The maximum Gasteiger partial charge on any atom is 0.296 e. The van der Waals surface area contributed by atoms with Crippen LogP contribution in [-0.2, 0) is 28.6 Å². The summed E-state index contributed by atoms with van der Waals surface area (Å²) in [5.74, 6) is 1.57. The van der Waals surface area contributed by atoms with E-state index < -0.39 is 10.1 Å². The Morgan fingerprint density at radius 3 is 2.34 bits per heavy atom. The summed E-state index contributed by atoms with van der Waals surface area (Å²) >= 11 is 0. The lowest BCUT2D eigenvalue weighted by molar-refractivity contribution is -0.162. The highest BCUT2D eigenvalue weighted by molar-refractivity contribution is 7.86. The molecule has 0 bridgehead atoms. The SMILES string of the molecule is C[C@H](COS(=O)(=O)c1ccc(OCCCCCCCCCOC2CCCCO2)cc1)[C@H]1CC[C@H]2C(=O)CCC[C@]12C. The second kappa shape index (κ2) is 15.8. The van der Waals surface area contributed by atoms with E-state index in [-0.39, 0.29) is 35.0 Å². The Hall–Kier alpha value is -1.48. The fourth-order valence-electron chi connectivity index (χ4n) is 7.32. The zero-order valence-corrected chi connectivity index (χ0v) is 26.1. The summed E-state index contributed by atoms with van der Waals surface area (Å²) in [6.07, 6.45) is 16.0. The number of carbonyl (C=O) groups excluding carboxylic acids is 1. The summed E-state index contributed by atoms with van der Waals surface area (Å²) in [6, 6.07) is 6.53. The highest BCUT2D eigenvalue weighted by atomic mass is 32.2. The molecule has 3 fully saturated rings. The summed E-state index contributed by atoms with van der Waals surface area (Å²) < 4.78 is 48.4. The van der Waals surface area contributed by atoms with E-state index in [4.69, 9.17) is 18.4 Å². The Bertz CT molecular complexity index is 1030. The summed E-state index contributed by atoms with van der Waals surface area (Å²) in [5, 5.41) is 0. The molecule has 0 amide bonds. The molecule has 1 heterocycles. The van der Waals surface area contributed by atoms with E-state index in [0.29, 0.717) is 30.5 Å². The van der Waals surface area contributed by atoms with Gasteiger partial charge in [-0.1, -0.05) is 46.0 Å². The second-order valence-electron chi connectivity index (χ2n) is 12.7. The maximum absolute atomic E-state index is 12.9. The molecular formula is C33H52O7S. The van der Waals surface area contributed by atoms with Crippen molar-refractivity contribution in [2.45, 2.75) is 121 Å². The highest BCUT2D eigenvalue weighted by Crippen LogP contribution is 2.56. The van der Waals surface area contributed by atoms with Gasteiger partial charge in [0, 0.05) is 25.6 Å². The molecule has 1 aromatic rings. The van der Waals surface area contributed by atoms with Crippen LogP contribution in [0.4, 0.5) is 0 Å². The van der Waals surface area contributed by atoms with E-state index in [0.717, 1.165) is 71.0 Å². The van der Waals surface area contributed by atoms with Gasteiger partial charge in [0.1, 0.15) is 11.5 Å². The topological polar surface area (TPSA) is 88.1 Å². The second-order valence-corrected chi connectivity index (χ2v) is 14.4. The minimum atomic E-state index is -3.85. The third-order valence-corrected chi connectivity index (χ3v) is 11.0. The van der Waals surface area contributed by atoms with Gasteiger partial charge in [-0.05, 0) is 99.3 Å². The Kier molecular flexibility index (Phi) is 12.5. The third kappa shape index (κ3) is 9.25. The van der Waals surface area contributed by atoms with E-state index in [9.17, 15) is 13.2 Å². The minimum absolute atomic E-state index is 0.0240. The molecular weight excluding hydrogens is 540 g/mol. The molecule has 2 saturated carbocycles. The van der Waals surface area contributed by atoms with Gasteiger partial charge in [0.2, 0.25) is 0 Å². The first-order valence-electron chi connectivity index (χ1n) is 16.2. The lowest BCUT2D eigenvalue weighted by Gasteiger charge is -2.42. The molecule has 0 spiro atoms. The number of benzene rings is 1. The van der Waals surface area contributed by atoms with Gasteiger partial charge in [-0.3, -0.25) is 8.98 Å². The zero-order valence-electron chi connectivity index (χ0n) is 25.3. The lowest BCUT2D eigenvalue weighted by atomic mass is 9.62. The molecule has 2 aliphatic carbocycles. The quantitative estimate of drug-likeness (QED) is 0.137. The molecule has 1 aliphatic heterocycles. The molecule has 41 heavy (non-hydrogen) atoms. The van der Waals surface area contributed by atoms with Crippen molar-refractivity contribution < 1.29 is 31.6 Å². The van der Waals surface area contributed by atoms with E-state index in [1.54, 1.807) is 24.3 Å². The molecule has 7 nitrogen and oxygen atoms in total. The van der Waals surface area contributed by atoms with Gasteiger partial charge in [0.25, 0.3) is 10.1 Å². The van der Waals surface area contributed by atoms with Gasteiger partial charge in [0.15, 0.2) is 6.29 Å². The molecule has 3 aliphatic rings. The van der Waals surface area contributed by atoms with Gasteiger partial charge >= 0.3 is 0 Å². The lowest BCUT2D eigenvalue weighted by Crippen LogP contribution is -2.40. The van der Waals surface area contributed by atoms with E-state index in [2.05, 4.69) is 13.8 Å². The Balaban J connectivity index is 1.06. The molecule has 232 valence electrons. The number of ether oxygens (including phenoxy) is 3. The molecule has 1 unspecified atom stereocenters. The van der Waals surface area contributed by atoms with Crippen LogP contribution in [0.2, 0.25) is 0 Å². The Morgan fingerprint density at radius 2 is 1.63 bits per heavy atom. The largest absolute Gasteiger partial charge is 0.494 e. The van der Waals surface area contributed by atoms with Crippen LogP contribution < -0.4 is 4.74 Å². The van der Waals surface area contributed by atoms with E-state index in [1.807, 2.05) is 0 Å². The fourth-order valence-corrected chi connectivity index (χ4v) is 8.32. The van der Waals surface area contributed by atoms with Gasteiger partial charge in [-0.15, -0.1) is 0 Å². The van der Waals surface area contributed by atoms with E-state index in [1.165, 1.54) is 32.1 Å². The average Bonchev–Trinajstić information content (AvgIpc) is 3.34. The number of Topliss-reactive ketones (excluding diaryl/α,β-unsaturated/α-hetero) is 1. The Morgan fingerprint density at radius 1 is 0.927 bits per heavy atom. The molecule has 4 rings (SSSR count). The van der Waals surface area contributed by atoms with Gasteiger partial charge in [0.05, 0.1) is 18.1 Å². The van der Waals surface area contributed by atoms with Gasteiger partial charge < -0.3 is 14.2 Å². The van der Waals surface area contributed by atoms with Gasteiger partial charge in [-0.2, -0.15) is 8.42 Å². The van der Waals surface area contributed by atoms with Crippen LogP contribution in [0.15, 0.2) is 29.2 Å². The van der Waals surface area contributed by atoms with Crippen molar-refractivity contribution >= 4 is 15.9 Å². The van der Waals surface area contributed by atoms with Crippen LogP contribution in [0.3, 0.4) is 0 Å². The molecule has 1 saturated heterocycles. The number of unbranched alkanes of at least 4 members (excludes halogenated alkanes) is 6. The Labute approximate surface area is 248 Å². The van der Waals surface area contributed by atoms with E-state index >= 15 is 0 Å². The van der Waals surface area contributed by atoms with Crippen molar-refractivity contribution in [1.29, 1.82) is 0 Å². The molecule has 0 aromatic heterocycles. The summed E-state index contributed by atoms with van der Waals surface area (Å²) in [5.41, 5.74) is -0.0275. The monoisotopic (exact) mass is 592 g/mol. The number of ketones is 1. The third-order valence-electron chi connectivity index (χ3n) is 9.72. The van der Waals surface area contributed by atoms with Crippen molar-refractivity contribution in [3.63, 3.8) is 0 Å². The van der Waals surface area contributed by atoms with Crippen molar-refractivity contribution in [3.05, 3.63) is 24.3 Å². The van der Waals surface area contributed by atoms with Crippen molar-refractivity contribution in [3.8, 4) is 5.75 Å². The number of fused-ring (bicyclic) bond motifs is 1. The first-order chi connectivity index (χ1) is 19.8. The normalized spacial score (nSPS) is 27.5. The van der Waals surface area contributed by atoms with Crippen molar-refractivity contribution in [2.24, 2.45) is 23.2 Å². The average molecular weight is 593 g/mol. The van der Waals surface area contributed by atoms with Crippen molar-refractivity contribution in [1.82, 2.24) is 0 Å². The highest BCUT2D eigenvalue weighted by Gasteiger charge is 2.52. The van der Waals surface area contributed by atoms with Crippen molar-refractivity contribution in [2.75, 3.05) is 26.4 Å². The fraction of sp³-hybridized carbons (Fsp3) is 0.788. The summed E-state index contributed by atoms with van der Waals surface area (Å²) in [4.78, 5) is 12.6. The molecule has 0 radical (unpaired) electrons. The van der Waals surface area contributed by atoms with Gasteiger partial charge in [-0.25, -0.2) is 0 Å². The van der Waals surface area contributed by atoms with Crippen LogP contribution in [0.5, 0.6) is 5.75 Å². The zero-order chi connectivity index (χ0) is 29.1. The predicted octanol–water partition coefficient (Wildman–Crippen LogP) is 7.47. The number of rotatable bonds is 17. The summed E-state index contributed by atoms with van der Waals surface area (Å²) in [6.45, 7) is 6.69. The maximum atomic E-state index is 12.9. The molecule has 8 heteroatoms. The smallest absolute Gasteiger partial charge is 0.296 e. The first-order valence-corrected chi connectivity index (χ1v) is 17.6. The standard InChI is InChI=1S/C33H52O7S/c1-26(29-19-20-30-31(34)13-12-21-33(29,30)2)25-40-41(35,36)28-17-15-27(16-18-28)37-22-9-6-4-3-5-7-10-23-38-32-14-8-11-24-39-32/h15-18,26,29-30,32H,3-14,19-25H2,1-2H3/t26-,29-,30+,32?,33-/m1/s1. The molecule has 5 atom stereocenters. The van der Waals surface area contributed by atoms with Crippen LogP contribution in [0.25, 0.3) is 0 Å². The van der Waals surface area contributed by atoms with Crippen LogP contribution in [0.1, 0.15) is 110 Å². The first kappa shape index (κ1) is 32.4. The number of carbonyl (C=O) groups is 1. The van der Waals surface area contributed by atoms with Crippen LogP contribution in [-0.4, -0.2) is 46.9 Å². The molecule has 1 aromatic carbocycles. The predicted molar refractivity (Wildman–Crippen MR) is 159 cm³/mol. The summed E-state index contributed by atoms with van der Waals surface area (Å²) in [7, 11) is -3.85. The number of hydrogen-bond donors (Lipinski definition) is 0. The van der Waals surface area contributed by atoms with Crippen LogP contribution >= 0.6 is 0 Å². The number of hydrogen-bond acceptors (Lipinski definition) is 7. The minimum Gasteiger partial charge on any atom is -0.494 e.